The summed E-state index contributed by atoms with van der Waals surface area (Å²) >= 11 is 0. The summed E-state index contributed by atoms with van der Waals surface area (Å²) in [5.41, 5.74) is 0.667. The van der Waals surface area contributed by atoms with Gasteiger partial charge < -0.3 is 0 Å². The molecule has 0 saturated heterocycles. The molecule has 0 nitrogen and oxygen atoms in total. The minimum absolute atomic E-state index is 0.0538. The van der Waals surface area contributed by atoms with Crippen LogP contribution in [0.2, 0.25) is 0 Å². The Bertz CT molecular complexity index is 198. The lowest BCUT2D eigenvalue weighted by molar-refractivity contribution is 0.0708. The van der Waals surface area contributed by atoms with E-state index in [1.54, 1.807) is 0 Å². The van der Waals surface area contributed by atoms with Gasteiger partial charge in [-0.3, -0.25) is 4.39 Å². The van der Waals surface area contributed by atoms with Crippen LogP contribution in [-0.4, -0.2) is 6.67 Å². The molecule has 12 heavy (non-hydrogen) atoms. The van der Waals surface area contributed by atoms with Crippen LogP contribution in [0.1, 0.15) is 46.5 Å². The number of rotatable bonds is 1. The van der Waals surface area contributed by atoms with E-state index in [1.807, 2.05) is 0 Å². The monoisotopic (exact) mass is 170 g/mol. The molecule has 70 valence electrons. The molecule has 0 radical (unpaired) electrons. The number of alkyl halides is 1. The van der Waals surface area contributed by atoms with Crippen LogP contribution in [0.5, 0.6) is 0 Å². The normalized spacial score (nSPS) is 38.0. The van der Waals surface area contributed by atoms with E-state index >= 15 is 0 Å². The Balaban J connectivity index is 2.20. The molecule has 0 aromatic carbocycles. The number of hydrogen-bond donors (Lipinski definition) is 0. The average molecular weight is 170 g/mol. The highest BCUT2D eigenvalue weighted by Gasteiger charge is 2.73. The van der Waals surface area contributed by atoms with Gasteiger partial charge in [0.1, 0.15) is 0 Å². The molecule has 0 amide bonds. The van der Waals surface area contributed by atoms with E-state index in [2.05, 4.69) is 20.8 Å². The van der Waals surface area contributed by atoms with Crippen molar-refractivity contribution in [1.29, 1.82) is 0 Å². The zero-order valence-electron chi connectivity index (χ0n) is 8.41. The predicted octanol–water partition coefficient (Wildman–Crippen LogP) is 3.56. The molecule has 0 bridgehead atoms. The molecule has 0 aliphatic heterocycles. The number of halogens is 1. The Labute approximate surface area is 74.5 Å². The van der Waals surface area contributed by atoms with Gasteiger partial charge in [0.15, 0.2) is 0 Å². The molecule has 1 atom stereocenters. The first kappa shape index (κ1) is 8.52. The fourth-order valence-electron chi connectivity index (χ4n) is 3.24. The summed E-state index contributed by atoms with van der Waals surface area (Å²) < 4.78 is 13.0. The van der Waals surface area contributed by atoms with E-state index in [-0.39, 0.29) is 17.5 Å². The zero-order valence-corrected chi connectivity index (χ0v) is 8.41. The molecule has 2 aliphatic rings. The van der Waals surface area contributed by atoms with Gasteiger partial charge in [-0.1, -0.05) is 27.2 Å². The lowest BCUT2D eigenvalue weighted by Gasteiger charge is -2.39. The van der Waals surface area contributed by atoms with Crippen LogP contribution in [0.15, 0.2) is 0 Å². The molecule has 0 N–H and O–H groups in total. The second-order valence-electron chi connectivity index (χ2n) is 5.78. The SMILES string of the molecule is CC(C)(C)[C@]1(CF)CC12CCC2. The van der Waals surface area contributed by atoms with E-state index in [1.165, 1.54) is 19.3 Å². The van der Waals surface area contributed by atoms with Crippen LogP contribution in [0, 0.1) is 16.2 Å². The summed E-state index contributed by atoms with van der Waals surface area (Å²) in [6, 6.07) is 0. The van der Waals surface area contributed by atoms with Crippen molar-refractivity contribution in [3.8, 4) is 0 Å². The summed E-state index contributed by atoms with van der Waals surface area (Å²) in [6.45, 7) is 6.48. The maximum Gasteiger partial charge on any atom is 0.0961 e. The molecule has 1 spiro atoms. The molecular formula is C11H19F. The molecular weight excluding hydrogens is 151 g/mol. The van der Waals surface area contributed by atoms with Crippen LogP contribution in [0.25, 0.3) is 0 Å². The van der Waals surface area contributed by atoms with Gasteiger partial charge in [0.25, 0.3) is 0 Å². The molecule has 1 heteroatoms. The lowest BCUT2D eigenvalue weighted by Crippen LogP contribution is -2.34. The van der Waals surface area contributed by atoms with Gasteiger partial charge in [-0.2, -0.15) is 0 Å². The van der Waals surface area contributed by atoms with Crippen molar-refractivity contribution in [2.24, 2.45) is 16.2 Å². The minimum Gasteiger partial charge on any atom is -0.250 e. The first-order valence-electron chi connectivity index (χ1n) is 5.04. The van der Waals surface area contributed by atoms with Gasteiger partial charge in [0.2, 0.25) is 0 Å². The van der Waals surface area contributed by atoms with Gasteiger partial charge in [0.05, 0.1) is 6.67 Å². The fraction of sp³-hybridized carbons (Fsp3) is 1.00. The molecule has 2 rings (SSSR count). The summed E-state index contributed by atoms with van der Waals surface area (Å²) in [6.07, 6.45) is 5.06. The highest BCUT2D eigenvalue weighted by atomic mass is 19.1. The van der Waals surface area contributed by atoms with Crippen molar-refractivity contribution >= 4 is 0 Å². The molecule has 2 aliphatic carbocycles. The molecule has 2 saturated carbocycles. The topological polar surface area (TPSA) is 0 Å². The molecule has 0 heterocycles. The Morgan fingerprint density at radius 1 is 1.25 bits per heavy atom. The third-order valence-electron chi connectivity index (χ3n) is 4.50. The van der Waals surface area contributed by atoms with Crippen molar-refractivity contribution in [3.05, 3.63) is 0 Å². The summed E-state index contributed by atoms with van der Waals surface area (Å²) in [4.78, 5) is 0. The molecule has 0 aromatic rings. The number of hydrogen-bond acceptors (Lipinski definition) is 0. The van der Waals surface area contributed by atoms with Crippen LogP contribution in [0.4, 0.5) is 4.39 Å². The van der Waals surface area contributed by atoms with Gasteiger partial charge in [-0.05, 0) is 30.1 Å². The van der Waals surface area contributed by atoms with E-state index in [4.69, 9.17) is 0 Å². The smallest absolute Gasteiger partial charge is 0.0961 e. The highest BCUT2D eigenvalue weighted by Crippen LogP contribution is 2.79. The summed E-state index contributed by atoms with van der Waals surface area (Å²) in [7, 11) is 0. The molecule has 0 unspecified atom stereocenters. The first-order chi connectivity index (χ1) is 5.47. The van der Waals surface area contributed by atoms with E-state index in [0.717, 1.165) is 6.42 Å². The Morgan fingerprint density at radius 2 is 1.83 bits per heavy atom. The second-order valence-corrected chi connectivity index (χ2v) is 5.78. The van der Waals surface area contributed by atoms with Crippen LogP contribution in [0.3, 0.4) is 0 Å². The van der Waals surface area contributed by atoms with Crippen LogP contribution < -0.4 is 0 Å². The fourth-order valence-corrected chi connectivity index (χ4v) is 3.24. The summed E-state index contributed by atoms with van der Waals surface area (Å²) in [5.74, 6) is 0. The van der Waals surface area contributed by atoms with E-state index in [0.29, 0.717) is 5.41 Å². The van der Waals surface area contributed by atoms with Crippen molar-refractivity contribution in [1.82, 2.24) is 0 Å². The third-order valence-corrected chi connectivity index (χ3v) is 4.50. The largest absolute Gasteiger partial charge is 0.250 e. The third kappa shape index (κ3) is 0.730. The first-order valence-corrected chi connectivity index (χ1v) is 5.04. The zero-order chi connectivity index (χ0) is 9.04. The second kappa shape index (κ2) is 2.05. The van der Waals surface area contributed by atoms with Crippen LogP contribution >= 0.6 is 0 Å². The average Bonchev–Trinajstić information content (AvgIpc) is 2.54. The maximum absolute atomic E-state index is 13.0. The highest BCUT2D eigenvalue weighted by molar-refractivity contribution is 5.21. The van der Waals surface area contributed by atoms with Crippen molar-refractivity contribution in [2.75, 3.05) is 6.67 Å². The van der Waals surface area contributed by atoms with Gasteiger partial charge in [-0.15, -0.1) is 0 Å². The molecule has 0 aromatic heterocycles. The van der Waals surface area contributed by atoms with E-state index in [9.17, 15) is 4.39 Å². The molecule has 2 fully saturated rings. The lowest BCUT2D eigenvalue weighted by atomic mass is 9.66. The summed E-state index contributed by atoms with van der Waals surface area (Å²) in [5, 5.41) is 0. The van der Waals surface area contributed by atoms with E-state index < -0.39 is 0 Å². The quantitative estimate of drug-likeness (QED) is 0.564. The minimum atomic E-state index is -0.101. The van der Waals surface area contributed by atoms with Crippen LogP contribution in [-0.2, 0) is 0 Å². The maximum atomic E-state index is 13.0. The van der Waals surface area contributed by atoms with Crippen molar-refractivity contribution in [3.63, 3.8) is 0 Å². The standard InChI is InChI=1S/C11H19F/c1-9(2,3)11(8-12)7-10(11)5-4-6-10/h4-8H2,1-3H3/t11-/m1/s1. The van der Waals surface area contributed by atoms with Crippen molar-refractivity contribution < 1.29 is 4.39 Å². The Kier molecular flexibility index (Phi) is 1.46. The van der Waals surface area contributed by atoms with Gasteiger partial charge in [-0.25, -0.2) is 0 Å². The van der Waals surface area contributed by atoms with Gasteiger partial charge >= 0.3 is 0 Å². The van der Waals surface area contributed by atoms with Gasteiger partial charge in [0, 0.05) is 5.41 Å². The van der Waals surface area contributed by atoms with Crippen molar-refractivity contribution in [2.45, 2.75) is 46.5 Å². The predicted molar refractivity (Wildman–Crippen MR) is 48.8 cm³/mol. The Hall–Kier alpha value is -0.0700. The Morgan fingerprint density at radius 3 is 1.92 bits per heavy atom.